The third kappa shape index (κ3) is 5.20. The third-order valence-corrected chi connectivity index (χ3v) is 4.29. The van der Waals surface area contributed by atoms with Crippen LogP contribution >= 0.6 is 0 Å². The number of halogens is 4. The predicted octanol–water partition coefficient (Wildman–Crippen LogP) is 6.79. The molecule has 0 amide bonds. The number of hydrogen-bond donors (Lipinski definition) is 0. The second kappa shape index (κ2) is 9.56. The molecule has 2 rings (SSSR count). The average Bonchev–Trinajstić information content (AvgIpc) is 2.57. The van der Waals surface area contributed by atoms with Crippen LogP contribution in [0.4, 0.5) is 17.6 Å². The molecule has 4 heteroatoms. The quantitative estimate of drug-likeness (QED) is 0.452. The maximum atomic E-state index is 14.2. The number of rotatable bonds is 8. The number of benzene rings is 2. The molecule has 0 saturated carbocycles. The highest BCUT2D eigenvalue weighted by Gasteiger charge is 2.13. The molecule has 0 aromatic heterocycles. The Hall–Kier alpha value is -2.10. The van der Waals surface area contributed by atoms with Gasteiger partial charge in [-0.15, -0.1) is 0 Å². The molecule has 0 fully saturated rings. The van der Waals surface area contributed by atoms with E-state index in [4.69, 9.17) is 0 Å². The zero-order valence-electron chi connectivity index (χ0n) is 15.2. The van der Waals surface area contributed by atoms with Crippen LogP contribution in [0.3, 0.4) is 0 Å². The second-order valence-electron chi connectivity index (χ2n) is 6.44. The molecule has 0 N–H and O–H groups in total. The van der Waals surface area contributed by atoms with Crippen molar-refractivity contribution in [2.24, 2.45) is 0 Å². The lowest BCUT2D eigenvalue weighted by Gasteiger charge is -2.09. The molecule has 0 aliphatic carbocycles. The Morgan fingerprint density at radius 3 is 1.77 bits per heavy atom. The molecule has 0 unspecified atom stereocenters. The normalized spacial score (nSPS) is 11.5. The summed E-state index contributed by atoms with van der Waals surface area (Å²) in [5, 5.41) is 0. The first-order valence-corrected chi connectivity index (χ1v) is 9.07. The van der Waals surface area contributed by atoms with Gasteiger partial charge in [0.05, 0.1) is 0 Å². The summed E-state index contributed by atoms with van der Waals surface area (Å²) in [6.07, 6.45) is 6.55. The first-order chi connectivity index (χ1) is 12.5. The topological polar surface area (TPSA) is 0 Å². The van der Waals surface area contributed by atoms with Gasteiger partial charge in [-0.3, -0.25) is 0 Å². The van der Waals surface area contributed by atoms with Crippen molar-refractivity contribution in [1.82, 2.24) is 0 Å². The molecule has 0 nitrogen and oxygen atoms in total. The van der Waals surface area contributed by atoms with Gasteiger partial charge in [-0.05, 0) is 61.1 Å². The van der Waals surface area contributed by atoms with Gasteiger partial charge in [-0.1, -0.05) is 38.8 Å². The van der Waals surface area contributed by atoms with Gasteiger partial charge in [0, 0.05) is 11.1 Å². The Morgan fingerprint density at radius 1 is 0.692 bits per heavy atom. The molecule has 26 heavy (non-hydrogen) atoms. The number of aryl methyl sites for hydroxylation is 1. The monoisotopic (exact) mass is 364 g/mol. The summed E-state index contributed by atoms with van der Waals surface area (Å²) in [5.74, 6) is -2.47. The van der Waals surface area contributed by atoms with Gasteiger partial charge in [0.15, 0.2) is 0 Å². The van der Waals surface area contributed by atoms with E-state index in [-0.39, 0.29) is 24.0 Å². The minimum atomic E-state index is -0.635. The fourth-order valence-electron chi connectivity index (χ4n) is 2.90. The first-order valence-electron chi connectivity index (χ1n) is 9.07. The van der Waals surface area contributed by atoms with E-state index < -0.39 is 23.3 Å². The second-order valence-corrected chi connectivity index (χ2v) is 6.44. The van der Waals surface area contributed by atoms with Crippen LogP contribution in [0.25, 0.3) is 6.08 Å². The highest BCUT2D eigenvalue weighted by Crippen LogP contribution is 2.22. The highest BCUT2D eigenvalue weighted by molar-refractivity contribution is 5.50. The van der Waals surface area contributed by atoms with E-state index in [0.29, 0.717) is 24.0 Å². The summed E-state index contributed by atoms with van der Waals surface area (Å²) in [4.78, 5) is 0. The van der Waals surface area contributed by atoms with Gasteiger partial charge in [-0.2, -0.15) is 0 Å². The maximum absolute atomic E-state index is 14.2. The Labute approximate surface area is 152 Å². The summed E-state index contributed by atoms with van der Waals surface area (Å²) in [6, 6.07) is 5.09. The van der Waals surface area contributed by atoms with Crippen molar-refractivity contribution in [2.45, 2.75) is 52.4 Å². The molecule has 0 atom stereocenters. The van der Waals surface area contributed by atoms with Crippen LogP contribution < -0.4 is 0 Å². The highest BCUT2D eigenvalue weighted by atomic mass is 19.1. The fourth-order valence-corrected chi connectivity index (χ4v) is 2.90. The average molecular weight is 364 g/mol. The van der Waals surface area contributed by atoms with Crippen molar-refractivity contribution in [3.05, 3.63) is 75.9 Å². The fraction of sp³-hybridized carbons (Fsp3) is 0.364. The van der Waals surface area contributed by atoms with E-state index in [1.807, 2.05) is 19.9 Å². The molecular weight excluding hydrogens is 340 g/mol. The van der Waals surface area contributed by atoms with Crippen LogP contribution in [0, 0.1) is 23.3 Å². The van der Waals surface area contributed by atoms with Crippen molar-refractivity contribution in [3.8, 4) is 0 Å². The Morgan fingerprint density at radius 2 is 1.23 bits per heavy atom. The minimum Gasteiger partial charge on any atom is -0.207 e. The number of allylic oxidation sites excluding steroid dienone is 1. The van der Waals surface area contributed by atoms with E-state index in [2.05, 4.69) is 0 Å². The lowest BCUT2D eigenvalue weighted by atomic mass is 9.99. The van der Waals surface area contributed by atoms with E-state index in [9.17, 15) is 17.6 Å². The summed E-state index contributed by atoms with van der Waals surface area (Å²) in [6.45, 7) is 3.87. The molecule has 0 aliphatic rings. The van der Waals surface area contributed by atoms with E-state index in [1.54, 1.807) is 6.08 Å². The SMILES string of the molecule is CCC/C=C/c1cc(F)c(CCc2cc(F)c(CCC)c(F)c2)c(F)c1. The van der Waals surface area contributed by atoms with Crippen LogP contribution in [0.15, 0.2) is 30.3 Å². The molecule has 0 saturated heterocycles. The lowest BCUT2D eigenvalue weighted by Crippen LogP contribution is -2.02. The van der Waals surface area contributed by atoms with E-state index in [1.165, 1.54) is 24.3 Å². The van der Waals surface area contributed by atoms with Crippen LogP contribution in [0.1, 0.15) is 55.4 Å². The van der Waals surface area contributed by atoms with Gasteiger partial charge < -0.3 is 0 Å². The minimum absolute atomic E-state index is 0.0443. The molecule has 2 aromatic carbocycles. The van der Waals surface area contributed by atoms with Crippen molar-refractivity contribution in [2.75, 3.05) is 0 Å². The summed E-state index contributed by atoms with van der Waals surface area (Å²) in [5.41, 5.74) is 0.872. The van der Waals surface area contributed by atoms with Crippen molar-refractivity contribution >= 4 is 6.08 Å². The van der Waals surface area contributed by atoms with Crippen molar-refractivity contribution in [1.29, 1.82) is 0 Å². The number of unbranched alkanes of at least 4 members (excludes halogenated alkanes) is 1. The van der Waals surface area contributed by atoms with Crippen molar-refractivity contribution < 1.29 is 17.6 Å². The van der Waals surface area contributed by atoms with Gasteiger partial charge in [-0.25, -0.2) is 17.6 Å². The molecular formula is C22H24F4. The molecule has 0 bridgehead atoms. The Balaban J connectivity index is 2.14. The zero-order chi connectivity index (χ0) is 19.1. The van der Waals surface area contributed by atoms with E-state index in [0.717, 1.165) is 12.8 Å². The third-order valence-electron chi connectivity index (χ3n) is 4.29. The van der Waals surface area contributed by atoms with Gasteiger partial charge in [0.25, 0.3) is 0 Å². The number of hydrogen-bond acceptors (Lipinski definition) is 0. The van der Waals surface area contributed by atoms with Crippen LogP contribution in [-0.4, -0.2) is 0 Å². The molecule has 0 aliphatic heterocycles. The molecule has 140 valence electrons. The molecule has 2 aromatic rings. The molecule has 0 heterocycles. The predicted molar refractivity (Wildman–Crippen MR) is 98.1 cm³/mol. The van der Waals surface area contributed by atoms with Crippen LogP contribution in [-0.2, 0) is 19.3 Å². The summed E-state index contributed by atoms with van der Waals surface area (Å²) >= 11 is 0. The summed E-state index contributed by atoms with van der Waals surface area (Å²) < 4.78 is 56.4. The smallest absolute Gasteiger partial charge is 0.129 e. The van der Waals surface area contributed by atoms with Gasteiger partial charge >= 0.3 is 0 Å². The van der Waals surface area contributed by atoms with Crippen molar-refractivity contribution in [3.63, 3.8) is 0 Å². The maximum Gasteiger partial charge on any atom is 0.129 e. The Kier molecular flexibility index (Phi) is 7.43. The van der Waals surface area contributed by atoms with Gasteiger partial charge in [0.2, 0.25) is 0 Å². The van der Waals surface area contributed by atoms with E-state index >= 15 is 0 Å². The summed E-state index contributed by atoms with van der Waals surface area (Å²) in [7, 11) is 0. The lowest BCUT2D eigenvalue weighted by molar-refractivity contribution is 0.545. The molecule has 0 spiro atoms. The first kappa shape index (κ1) is 20.2. The zero-order valence-corrected chi connectivity index (χ0v) is 15.2. The van der Waals surface area contributed by atoms with Crippen LogP contribution in [0.5, 0.6) is 0 Å². The largest absolute Gasteiger partial charge is 0.207 e. The van der Waals surface area contributed by atoms with Crippen LogP contribution in [0.2, 0.25) is 0 Å². The van der Waals surface area contributed by atoms with Gasteiger partial charge in [0.1, 0.15) is 23.3 Å². The Bertz CT molecular complexity index is 732. The standard InChI is InChI=1S/C22H24F4/c1-3-5-6-8-15-11-21(25)18(22(26)12-15)10-9-16-13-19(23)17(7-4-2)20(24)14-16/h6,8,11-14H,3-5,7,9-10H2,1-2H3/b8-6+. The molecule has 0 radical (unpaired) electrons.